The quantitative estimate of drug-likeness (QED) is 0.817. The second-order valence-electron chi connectivity index (χ2n) is 7.32. The highest BCUT2D eigenvalue weighted by Gasteiger charge is 2.45. The Morgan fingerprint density at radius 1 is 1.08 bits per heavy atom. The van der Waals surface area contributed by atoms with Gasteiger partial charge in [0.05, 0.1) is 22.4 Å². The molecular formula is C18H21N3O3S. The predicted molar refractivity (Wildman–Crippen MR) is 90.9 cm³/mol. The van der Waals surface area contributed by atoms with E-state index < -0.39 is 10.0 Å². The zero-order valence-electron chi connectivity index (χ0n) is 14.0. The molecule has 3 saturated heterocycles. The van der Waals surface area contributed by atoms with Gasteiger partial charge in [-0.15, -0.1) is 0 Å². The molecule has 4 fully saturated rings. The highest BCUT2D eigenvalue weighted by molar-refractivity contribution is 7.89. The number of carbonyl (C=O) groups excluding carboxylic acids is 1. The molecule has 4 aliphatic rings. The second kappa shape index (κ2) is 6.11. The van der Waals surface area contributed by atoms with Gasteiger partial charge in [0.2, 0.25) is 15.9 Å². The largest absolute Gasteiger partial charge is 0.338 e. The molecule has 0 radical (unpaired) electrons. The van der Waals surface area contributed by atoms with E-state index in [0.717, 1.165) is 19.4 Å². The van der Waals surface area contributed by atoms with E-state index in [1.807, 2.05) is 11.0 Å². The topological polar surface area (TPSA) is 81.5 Å². The monoisotopic (exact) mass is 359 g/mol. The first-order valence-corrected chi connectivity index (χ1v) is 10.2. The van der Waals surface area contributed by atoms with Crippen LogP contribution in [0.25, 0.3) is 0 Å². The Labute approximate surface area is 148 Å². The molecule has 1 aromatic rings. The van der Waals surface area contributed by atoms with Crippen molar-refractivity contribution < 1.29 is 13.2 Å². The van der Waals surface area contributed by atoms with Gasteiger partial charge in [-0.05, 0) is 55.9 Å². The Morgan fingerprint density at radius 3 is 2.44 bits per heavy atom. The summed E-state index contributed by atoms with van der Waals surface area (Å²) in [7, 11) is -3.65. The van der Waals surface area contributed by atoms with E-state index in [1.54, 1.807) is 0 Å². The van der Waals surface area contributed by atoms with Crippen molar-refractivity contribution in [1.82, 2.24) is 9.21 Å². The van der Waals surface area contributed by atoms with Gasteiger partial charge in [-0.25, -0.2) is 8.42 Å². The molecule has 5 rings (SSSR count). The Bertz CT molecular complexity index is 824. The van der Waals surface area contributed by atoms with Gasteiger partial charge < -0.3 is 4.90 Å². The van der Waals surface area contributed by atoms with Crippen LogP contribution in [-0.2, 0) is 14.8 Å². The van der Waals surface area contributed by atoms with Gasteiger partial charge in [0.25, 0.3) is 0 Å². The van der Waals surface area contributed by atoms with Gasteiger partial charge in [0.15, 0.2) is 0 Å². The molecule has 2 bridgehead atoms. The highest BCUT2D eigenvalue weighted by Crippen LogP contribution is 2.36. The molecule has 0 spiro atoms. The molecule has 132 valence electrons. The molecule has 2 atom stereocenters. The van der Waals surface area contributed by atoms with Gasteiger partial charge in [-0.3, -0.25) is 4.79 Å². The van der Waals surface area contributed by atoms with E-state index in [0.29, 0.717) is 18.0 Å². The van der Waals surface area contributed by atoms with Crippen molar-refractivity contribution in [3.63, 3.8) is 0 Å². The van der Waals surface area contributed by atoms with Gasteiger partial charge in [0.1, 0.15) is 0 Å². The average Bonchev–Trinajstić information content (AvgIpc) is 3.45. The Morgan fingerprint density at radius 2 is 1.80 bits per heavy atom. The zero-order chi connectivity index (χ0) is 17.6. The number of piperidine rings is 1. The van der Waals surface area contributed by atoms with Crippen LogP contribution in [0.4, 0.5) is 0 Å². The summed E-state index contributed by atoms with van der Waals surface area (Å²) < 4.78 is 27.5. The molecule has 0 aromatic heterocycles. The first kappa shape index (κ1) is 16.6. The van der Waals surface area contributed by atoms with E-state index in [1.165, 1.54) is 41.4 Å². The number of nitriles is 1. The van der Waals surface area contributed by atoms with Crippen LogP contribution in [0, 0.1) is 23.2 Å². The Hall–Kier alpha value is -1.91. The molecule has 1 aromatic carbocycles. The lowest BCUT2D eigenvalue weighted by molar-refractivity contribution is -0.140. The molecule has 1 aliphatic carbocycles. The average molecular weight is 359 g/mol. The maximum Gasteiger partial charge on any atom is 0.243 e. The fourth-order valence-corrected chi connectivity index (χ4v) is 5.39. The SMILES string of the molecule is N#Cc1ccc(S(=O)(=O)N2CC3CCC(C2)N(CC2CC2)C3=O)cc1. The van der Waals surface area contributed by atoms with Gasteiger partial charge >= 0.3 is 0 Å². The van der Waals surface area contributed by atoms with Crippen LogP contribution in [-0.4, -0.2) is 49.2 Å². The minimum absolute atomic E-state index is 0.0139. The van der Waals surface area contributed by atoms with Gasteiger partial charge in [0, 0.05) is 25.7 Å². The number of hydrogen-bond acceptors (Lipinski definition) is 4. The molecule has 6 nitrogen and oxygen atoms in total. The number of carbonyl (C=O) groups is 1. The second-order valence-corrected chi connectivity index (χ2v) is 9.26. The third-order valence-corrected chi connectivity index (χ3v) is 7.38. The number of sulfonamides is 1. The van der Waals surface area contributed by atoms with Crippen LogP contribution in [0.3, 0.4) is 0 Å². The molecular weight excluding hydrogens is 338 g/mol. The summed E-state index contributed by atoms with van der Waals surface area (Å²) in [6, 6.07) is 7.97. The highest BCUT2D eigenvalue weighted by atomic mass is 32.2. The van der Waals surface area contributed by atoms with Crippen molar-refractivity contribution >= 4 is 15.9 Å². The summed E-state index contributed by atoms with van der Waals surface area (Å²) >= 11 is 0. The number of benzene rings is 1. The fourth-order valence-electron chi connectivity index (χ4n) is 3.87. The summed E-state index contributed by atoms with van der Waals surface area (Å²) in [5.41, 5.74) is 0.431. The third kappa shape index (κ3) is 3.05. The van der Waals surface area contributed by atoms with Crippen LogP contribution < -0.4 is 0 Å². The van der Waals surface area contributed by atoms with Crippen molar-refractivity contribution in [2.24, 2.45) is 11.8 Å². The van der Waals surface area contributed by atoms with E-state index >= 15 is 0 Å². The molecule has 0 N–H and O–H groups in total. The van der Waals surface area contributed by atoms with E-state index in [9.17, 15) is 13.2 Å². The lowest BCUT2D eigenvalue weighted by Crippen LogP contribution is -2.48. The number of hydrogen-bond donors (Lipinski definition) is 0. The van der Waals surface area contributed by atoms with Crippen molar-refractivity contribution in [2.75, 3.05) is 19.6 Å². The van der Waals surface area contributed by atoms with Crippen LogP contribution in [0.5, 0.6) is 0 Å². The minimum Gasteiger partial charge on any atom is -0.338 e. The van der Waals surface area contributed by atoms with Crippen molar-refractivity contribution in [2.45, 2.75) is 36.6 Å². The molecule has 1 amide bonds. The molecule has 7 heteroatoms. The predicted octanol–water partition coefficient (Wildman–Crippen LogP) is 1.58. The summed E-state index contributed by atoms with van der Waals surface area (Å²) in [6.07, 6.45) is 4.00. The summed E-state index contributed by atoms with van der Waals surface area (Å²) in [4.78, 5) is 14.9. The molecule has 25 heavy (non-hydrogen) atoms. The summed E-state index contributed by atoms with van der Waals surface area (Å²) in [6.45, 7) is 1.42. The van der Waals surface area contributed by atoms with Crippen LogP contribution in [0.15, 0.2) is 29.2 Å². The zero-order valence-corrected chi connectivity index (χ0v) is 14.8. The lowest BCUT2D eigenvalue weighted by atomic mass is 9.94. The van der Waals surface area contributed by atoms with E-state index in [4.69, 9.17) is 5.26 Å². The Balaban J connectivity index is 1.60. The maximum absolute atomic E-state index is 13.0. The van der Waals surface area contributed by atoms with E-state index in [2.05, 4.69) is 0 Å². The van der Waals surface area contributed by atoms with Crippen molar-refractivity contribution in [3.05, 3.63) is 29.8 Å². The summed E-state index contributed by atoms with van der Waals surface area (Å²) in [5.74, 6) is 0.498. The number of rotatable bonds is 4. The van der Waals surface area contributed by atoms with Crippen molar-refractivity contribution in [1.29, 1.82) is 5.26 Å². The van der Waals surface area contributed by atoms with Crippen LogP contribution in [0.1, 0.15) is 31.2 Å². The smallest absolute Gasteiger partial charge is 0.243 e. The number of amides is 1. The van der Waals surface area contributed by atoms with Crippen LogP contribution >= 0.6 is 0 Å². The van der Waals surface area contributed by atoms with Gasteiger partial charge in [-0.2, -0.15) is 9.57 Å². The first-order valence-electron chi connectivity index (χ1n) is 8.80. The number of fused-ring (bicyclic) bond motifs is 4. The van der Waals surface area contributed by atoms with Crippen LogP contribution in [0.2, 0.25) is 0 Å². The first-order chi connectivity index (χ1) is 12.0. The molecule has 2 unspecified atom stereocenters. The van der Waals surface area contributed by atoms with Gasteiger partial charge in [-0.1, -0.05) is 0 Å². The lowest BCUT2D eigenvalue weighted by Gasteiger charge is -2.36. The minimum atomic E-state index is -3.65. The van der Waals surface area contributed by atoms with Crippen molar-refractivity contribution in [3.8, 4) is 6.07 Å². The number of nitrogens with zero attached hydrogens (tertiary/aromatic N) is 3. The Kier molecular flexibility index (Phi) is 4.05. The standard InChI is InChI=1S/C18H21N3O3S/c19-9-13-3-7-17(8-4-13)25(23,24)20-11-15-5-6-16(12-20)21(18(15)22)10-14-1-2-14/h3-4,7-8,14-16H,1-2,5-6,10-12H2. The summed E-state index contributed by atoms with van der Waals surface area (Å²) in [5, 5.41) is 8.88. The fraction of sp³-hybridized carbons (Fsp3) is 0.556. The van der Waals surface area contributed by atoms with E-state index in [-0.39, 0.29) is 29.3 Å². The normalized spacial score (nSPS) is 27.2. The molecule has 3 heterocycles. The molecule has 3 aliphatic heterocycles. The third-order valence-electron chi connectivity index (χ3n) is 5.53. The molecule has 1 saturated carbocycles. The maximum atomic E-state index is 13.0.